The highest BCUT2D eigenvalue weighted by Gasteiger charge is 2.14. The van der Waals surface area contributed by atoms with Crippen LogP contribution in [-0.4, -0.2) is 5.91 Å². The Hall–Kier alpha value is -0.940. The summed E-state index contributed by atoms with van der Waals surface area (Å²) in [5.41, 5.74) is 0.471. The lowest BCUT2D eigenvalue weighted by Crippen LogP contribution is -2.38. The van der Waals surface area contributed by atoms with E-state index in [1.165, 1.54) is 18.2 Å². The van der Waals surface area contributed by atoms with E-state index in [4.69, 9.17) is 5.84 Å². The molecule has 1 aromatic carbocycles. The number of hydrogen-bond donors (Lipinski definition) is 1. The molecule has 0 atom stereocenters. The molecular formula is C11H14BrFN2O. The molecular weight excluding hydrogens is 275 g/mol. The number of anilines is 1. The third kappa shape index (κ3) is 3.28. The summed E-state index contributed by atoms with van der Waals surface area (Å²) in [7, 11) is 0. The van der Waals surface area contributed by atoms with Gasteiger partial charge >= 0.3 is 0 Å². The number of amides is 1. The molecule has 1 rings (SSSR count). The minimum atomic E-state index is -0.381. The van der Waals surface area contributed by atoms with Gasteiger partial charge in [-0.15, -0.1) is 0 Å². The fourth-order valence-electron chi connectivity index (χ4n) is 1.23. The monoisotopic (exact) mass is 288 g/mol. The lowest BCUT2D eigenvalue weighted by atomic mass is 10.1. The first-order valence-electron chi connectivity index (χ1n) is 4.94. The second-order valence-electron chi connectivity index (χ2n) is 3.96. The molecule has 0 spiro atoms. The van der Waals surface area contributed by atoms with E-state index in [9.17, 15) is 9.18 Å². The Morgan fingerprint density at radius 2 is 2.19 bits per heavy atom. The summed E-state index contributed by atoms with van der Waals surface area (Å²) >= 11 is 3.05. The molecule has 0 bridgehead atoms. The Balaban J connectivity index is 2.83. The smallest absolute Gasteiger partial charge is 0.241 e. The maximum Gasteiger partial charge on any atom is 0.241 e. The minimum absolute atomic E-state index is 0.187. The van der Waals surface area contributed by atoms with E-state index in [1.807, 2.05) is 13.8 Å². The number of nitrogens with zero attached hydrogens (tertiary/aromatic N) is 1. The van der Waals surface area contributed by atoms with Gasteiger partial charge in [-0.25, -0.2) is 15.2 Å². The first kappa shape index (κ1) is 13.1. The first-order valence-corrected chi connectivity index (χ1v) is 5.74. The predicted molar refractivity (Wildman–Crippen MR) is 65.2 cm³/mol. The largest absolute Gasteiger partial charge is 0.273 e. The van der Waals surface area contributed by atoms with Crippen LogP contribution in [0.5, 0.6) is 0 Å². The van der Waals surface area contributed by atoms with Crippen LogP contribution in [0.1, 0.15) is 20.3 Å². The van der Waals surface area contributed by atoms with Crippen molar-refractivity contribution in [2.45, 2.75) is 20.3 Å². The van der Waals surface area contributed by atoms with Crippen LogP contribution in [0.4, 0.5) is 10.1 Å². The second kappa shape index (κ2) is 5.41. The van der Waals surface area contributed by atoms with Crippen molar-refractivity contribution in [2.24, 2.45) is 11.8 Å². The number of carbonyl (C=O) groups is 1. The lowest BCUT2D eigenvalue weighted by molar-refractivity contribution is -0.119. The second-order valence-corrected chi connectivity index (χ2v) is 4.81. The number of nitrogens with two attached hydrogens (primary N) is 1. The standard InChI is InChI=1S/C11H14BrFN2O/c1-7(2)5-11(16)15(14)8-3-4-10(13)9(12)6-8/h3-4,6-7H,5,14H2,1-2H3. The molecule has 2 N–H and O–H groups in total. The number of halogens is 2. The molecule has 0 fully saturated rings. The Labute approximate surface area is 103 Å². The van der Waals surface area contributed by atoms with Crippen LogP contribution in [0.3, 0.4) is 0 Å². The molecule has 0 saturated carbocycles. The number of rotatable bonds is 3. The lowest BCUT2D eigenvalue weighted by Gasteiger charge is -2.18. The quantitative estimate of drug-likeness (QED) is 0.528. The molecule has 0 aromatic heterocycles. The Bertz CT molecular complexity index is 396. The van der Waals surface area contributed by atoms with Crippen LogP contribution >= 0.6 is 15.9 Å². The zero-order valence-corrected chi connectivity index (χ0v) is 10.8. The summed E-state index contributed by atoms with van der Waals surface area (Å²) in [5.74, 6) is 5.32. The van der Waals surface area contributed by atoms with Crippen LogP contribution < -0.4 is 10.9 Å². The number of hydrogen-bond acceptors (Lipinski definition) is 2. The molecule has 0 radical (unpaired) electrons. The molecule has 0 unspecified atom stereocenters. The van der Waals surface area contributed by atoms with Crippen molar-refractivity contribution >= 4 is 27.5 Å². The van der Waals surface area contributed by atoms with Crippen molar-refractivity contribution in [3.05, 3.63) is 28.5 Å². The van der Waals surface area contributed by atoms with Gasteiger partial charge in [0, 0.05) is 6.42 Å². The van der Waals surface area contributed by atoms with Gasteiger partial charge in [0.05, 0.1) is 10.2 Å². The van der Waals surface area contributed by atoms with Gasteiger partial charge in [-0.05, 0) is 40.0 Å². The fraction of sp³-hybridized carbons (Fsp3) is 0.364. The summed E-state index contributed by atoms with van der Waals surface area (Å²) in [6.45, 7) is 3.87. The van der Waals surface area contributed by atoms with Crippen LogP contribution in [0.2, 0.25) is 0 Å². The Kier molecular flexibility index (Phi) is 4.44. The Morgan fingerprint density at radius 1 is 1.56 bits per heavy atom. The molecule has 1 aromatic rings. The normalized spacial score (nSPS) is 10.6. The summed E-state index contributed by atoms with van der Waals surface area (Å²) in [6.07, 6.45) is 0.367. The van der Waals surface area contributed by atoms with Crippen molar-refractivity contribution in [2.75, 3.05) is 5.01 Å². The molecule has 16 heavy (non-hydrogen) atoms. The minimum Gasteiger partial charge on any atom is -0.273 e. The maximum absolute atomic E-state index is 13.0. The van der Waals surface area contributed by atoms with Crippen molar-refractivity contribution in [3.63, 3.8) is 0 Å². The van der Waals surface area contributed by atoms with E-state index in [2.05, 4.69) is 15.9 Å². The highest BCUT2D eigenvalue weighted by molar-refractivity contribution is 9.10. The summed E-state index contributed by atoms with van der Waals surface area (Å²) < 4.78 is 13.3. The van der Waals surface area contributed by atoms with Gasteiger partial charge in [0.2, 0.25) is 5.91 Å². The summed E-state index contributed by atoms with van der Waals surface area (Å²) in [5, 5.41) is 1.05. The zero-order valence-electron chi connectivity index (χ0n) is 9.21. The molecule has 1 amide bonds. The van der Waals surface area contributed by atoms with Crippen molar-refractivity contribution < 1.29 is 9.18 Å². The van der Waals surface area contributed by atoms with Crippen LogP contribution in [0.15, 0.2) is 22.7 Å². The highest BCUT2D eigenvalue weighted by Crippen LogP contribution is 2.22. The SMILES string of the molecule is CC(C)CC(=O)N(N)c1ccc(F)c(Br)c1. The Morgan fingerprint density at radius 3 is 2.69 bits per heavy atom. The number of carbonyl (C=O) groups excluding carboxylic acids is 1. The number of benzene rings is 1. The molecule has 0 saturated heterocycles. The van der Waals surface area contributed by atoms with E-state index >= 15 is 0 Å². The van der Waals surface area contributed by atoms with E-state index in [-0.39, 0.29) is 22.1 Å². The average molecular weight is 289 g/mol. The van der Waals surface area contributed by atoms with Crippen LogP contribution in [0, 0.1) is 11.7 Å². The number of hydrazine groups is 1. The van der Waals surface area contributed by atoms with E-state index in [0.717, 1.165) is 5.01 Å². The van der Waals surface area contributed by atoms with Gasteiger partial charge in [0.25, 0.3) is 0 Å². The molecule has 0 aliphatic carbocycles. The van der Waals surface area contributed by atoms with Gasteiger partial charge in [-0.2, -0.15) is 0 Å². The summed E-state index contributed by atoms with van der Waals surface area (Å²) in [6, 6.07) is 4.22. The van der Waals surface area contributed by atoms with Crippen molar-refractivity contribution in [1.29, 1.82) is 0 Å². The fourth-order valence-corrected chi connectivity index (χ4v) is 1.59. The third-order valence-electron chi connectivity index (χ3n) is 2.03. The summed E-state index contributed by atoms with van der Waals surface area (Å²) in [4.78, 5) is 11.6. The van der Waals surface area contributed by atoms with Crippen molar-refractivity contribution in [1.82, 2.24) is 0 Å². The molecule has 0 aliphatic heterocycles. The van der Waals surface area contributed by atoms with Crippen LogP contribution in [-0.2, 0) is 4.79 Å². The van der Waals surface area contributed by atoms with Gasteiger partial charge in [-0.3, -0.25) is 4.79 Å². The third-order valence-corrected chi connectivity index (χ3v) is 2.64. The van der Waals surface area contributed by atoms with Gasteiger partial charge < -0.3 is 0 Å². The van der Waals surface area contributed by atoms with Gasteiger partial charge in [0.1, 0.15) is 5.82 Å². The van der Waals surface area contributed by atoms with E-state index in [0.29, 0.717) is 12.1 Å². The first-order chi connectivity index (χ1) is 7.41. The average Bonchev–Trinajstić information content (AvgIpc) is 2.20. The van der Waals surface area contributed by atoms with Gasteiger partial charge in [0.15, 0.2) is 0 Å². The topological polar surface area (TPSA) is 46.3 Å². The van der Waals surface area contributed by atoms with E-state index < -0.39 is 0 Å². The molecule has 3 nitrogen and oxygen atoms in total. The zero-order chi connectivity index (χ0) is 12.3. The maximum atomic E-state index is 13.0. The van der Waals surface area contributed by atoms with Gasteiger partial charge in [-0.1, -0.05) is 13.8 Å². The molecule has 88 valence electrons. The molecule has 0 heterocycles. The molecule has 5 heteroatoms. The van der Waals surface area contributed by atoms with Crippen LogP contribution in [0.25, 0.3) is 0 Å². The molecule has 0 aliphatic rings. The van der Waals surface area contributed by atoms with E-state index in [1.54, 1.807) is 0 Å². The highest BCUT2D eigenvalue weighted by atomic mass is 79.9. The predicted octanol–water partition coefficient (Wildman–Crippen LogP) is 2.84. The van der Waals surface area contributed by atoms with Crippen molar-refractivity contribution in [3.8, 4) is 0 Å².